The van der Waals surface area contributed by atoms with Gasteiger partial charge in [0.15, 0.2) is 0 Å². The highest BCUT2D eigenvalue weighted by atomic mass is 79.9. The van der Waals surface area contributed by atoms with Crippen molar-refractivity contribution in [2.75, 3.05) is 6.54 Å². The molecule has 1 N–H and O–H groups in total. The van der Waals surface area contributed by atoms with E-state index in [2.05, 4.69) is 41.2 Å². The first kappa shape index (κ1) is 17.0. The van der Waals surface area contributed by atoms with Gasteiger partial charge in [-0.25, -0.2) is 4.39 Å². The maximum atomic E-state index is 13.8. The van der Waals surface area contributed by atoms with E-state index in [1.807, 2.05) is 6.07 Å². The Morgan fingerprint density at radius 1 is 1.33 bits per heavy atom. The molecule has 0 heterocycles. The molecule has 1 aromatic carbocycles. The van der Waals surface area contributed by atoms with Gasteiger partial charge < -0.3 is 5.32 Å². The Hall–Kier alpha value is -0.410. The Balaban J connectivity index is 2.13. The molecule has 0 saturated heterocycles. The summed E-state index contributed by atoms with van der Waals surface area (Å²) in [4.78, 5) is 0. The first-order valence-corrected chi connectivity index (χ1v) is 9.06. The van der Waals surface area contributed by atoms with Crippen LogP contribution in [0.5, 0.6) is 0 Å². The number of unbranched alkanes of at least 4 members (excludes halogenated alkanes) is 1. The van der Waals surface area contributed by atoms with Crippen molar-refractivity contribution >= 4 is 15.9 Å². The molecule has 3 heteroatoms. The highest BCUT2D eigenvalue weighted by Crippen LogP contribution is 2.36. The van der Waals surface area contributed by atoms with Gasteiger partial charge in [-0.05, 0) is 65.1 Å². The fourth-order valence-corrected chi connectivity index (χ4v) is 3.36. The number of benzene rings is 1. The van der Waals surface area contributed by atoms with Crippen LogP contribution >= 0.6 is 15.9 Å². The molecule has 1 atom stereocenters. The molecule has 1 fully saturated rings. The zero-order valence-corrected chi connectivity index (χ0v) is 14.8. The molecule has 0 bridgehead atoms. The number of hydrogen-bond acceptors (Lipinski definition) is 1. The zero-order chi connectivity index (χ0) is 15.3. The van der Waals surface area contributed by atoms with Gasteiger partial charge in [0.25, 0.3) is 0 Å². The van der Waals surface area contributed by atoms with Gasteiger partial charge >= 0.3 is 0 Å². The highest BCUT2D eigenvalue weighted by molar-refractivity contribution is 9.10. The monoisotopic (exact) mass is 355 g/mol. The van der Waals surface area contributed by atoms with E-state index in [0.717, 1.165) is 31.0 Å². The molecular weight excluding hydrogens is 329 g/mol. The van der Waals surface area contributed by atoms with Gasteiger partial charge in [0.1, 0.15) is 5.82 Å². The summed E-state index contributed by atoms with van der Waals surface area (Å²) in [6.45, 7) is 5.57. The fourth-order valence-electron chi connectivity index (χ4n) is 2.96. The average Bonchev–Trinajstić information content (AvgIpc) is 3.31. The van der Waals surface area contributed by atoms with E-state index in [4.69, 9.17) is 0 Å². The molecular formula is C18H27BrFN. The minimum absolute atomic E-state index is 0.150. The van der Waals surface area contributed by atoms with Crippen molar-refractivity contribution in [1.29, 1.82) is 0 Å². The third-order valence-electron chi connectivity index (χ3n) is 4.75. The van der Waals surface area contributed by atoms with Crippen molar-refractivity contribution in [1.82, 2.24) is 5.32 Å². The molecule has 0 aliphatic heterocycles. The first-order valence-electron chi connectivity index (χ1n) is 8.26. The van der Waals surface area contributed by atoms with Gasteiger partial charge in [0, 0.05) is 12.6 Å². The van der Waals surface area contributed by atoms with Crippen LogP contribution in [0.4, 0.5) is 4.39 Å². The lowest BCUT2D eigenvalue weighted by atomic mass is 9.75. The van der Waals surface area contributed by atoms with Crippen LogP contribution in [-0.4, -0.2) is 12.6 Å². The predicted molar refractivity (Wildman–Crippen MR) is 91.1 cm³/mol. The van der Waals surface area contributed by atoms with Gasteiger partial charge in [-0.15, -0.1) is 0 Å². The molecule has 1 aliphatic carbocycles. The molecule has 0 spiro atoms. The lowest BCUT2D eigenvalue weighted by molar-refractivity contribution is 0.227. The molecule has 1 aromatic rings. The van der Waals surface area contributed by atoms with Gasteiger partial charge in [-0.1, -0.05) is 38.8 Å². The standard InChI is InChI=1S/C18H27BrFN/c1-3-5-11-18(4-2,13-21-15-9-10-15)12-14-7-6-8-16(20)17(14)19/h6-8,15,21H,3-5,9-13H2,1-2H3. The van der Waals surface area contributed by atoms with E-state index in [0.29, 0.717) is 4.47 Å². The summed E-state index contributed by atoms with van der Waals surface area (Å²) in [6.07, 6.45) is 8.39. The topological polar surface area (TPSA) is 12.0 Å². The van der Waals surface area contributed by atoms with Gasteiger partial charge in [0.2, 0.25) is 0 Å². The Labute approximate surface area is 136 Å². The Morgan fingerprint density at radius 2 is 2.10 bits per heavy atom. The van der Waals surface area contributed by atoms with E-state index >= 15 is 0 Å². The van der Waals surface area contributed by atoms with Crippen LogP contribution in [-0.2, 0) is 6.42 Å². The van der Waals surface area contributed by atoms with E-state index < -0.39 is 0 Å². The lowest BCUT2D eigenvalue weighted by Crippen LogP contribution is -2.37. The molecule has 1 unspecified atom stereocenters. The summed E-state index contributed by atoms with van der Waals surface area (Å²) < 4.78 is 14.4. The summed E-state index contributed by atoms with van der Waals surface area (Å²) >= 11 is 3.43. The van der Waals surface area contributed by atoms with Crippen molar-refractivity contribution in [3.05, 3.63) is 34.1 Å². The van der Waals surface area contributed by atoms with Gasteiger partial charge in [-0.2, -0.15) is 0 Å². The summed E-state index contributed by atoms with van der Waals surface area (Å²) in [5.74, 6) is -0.150. The van der Waals surface area contributed by atoms with Crippen LogP contribution < -0.4 is 5.32 Å². The zero-order valence-electron chi connectivity index (χ0n) is 13.2. The van der Waals surface area contributed by atoms with E-state index in [1.165, 1.54) is 38.2 Å². The van der Waals surface area contributed by atoms with Crippen molar-refractivity contribution in [2.45, 2.75) is 64.8 Å². The highest BCUT2D eigenvalue weighted by Gasteiger charge is 2.31. The molecule has 1 nitrogen and oxygen atoms in total. The SMILES string of the molecule is CCCCC(CC)(CNC1CC1)Cc1cccc(F)c1Br. The molecule has 0 radical (unpaired) electrons. The second-order valence-electron chi connectivity index (χ2n) is 6.50. The first-order chi connectivity index (χ1) is 10.1. The smallest absolute Gasteiger partial charge is 0.137 e. The van der Waals surface area contributed by atoms with E-state index in [9.17, 15) is 4.39 Å². The van der Waals surface area contributed by atoms with Crippen molar-refractivity contribution in [3.8, 4) is 0 Å². The Morgan fingerprint density at radius 3 is 2.71 bits per heavy atom. The van der Waals surface area contributed by atoms with Gasteiger partial charge in [-0.3, -0.25) is 0 Å². The number of halogens is 2. The fraction of sp³-hybridized carbons (Fsp3) is 0.667. The molecule has 21 heavy (non-hydrogen) atoms. The van der Waals surface area contributed by atoms with Crippen molar-refractivity contribution in [3.63, 3.8) is 0 Å². The quantitative estimate of drug-likeness (QED) is 0.619. The number of rotatable bonds is 9. The number of nitrogens with one attached hydrogen (secondary N) is 1. The third-order valence-corrected chi connectivity index (χ3v) is 5.64. The minimum atomic E-state index is -0.150. The van der Waals surface area contributed by atoms with Crippen LogP contribution in [0.25, 0.3) is 0 Å². The molecule has 1 saturated carbocycles. The molecule has 0 aromatic heterocycles. The minimum Gasteiger partial charge on any atom is -0.313 e. The number of hydrogen-bond donors (Lipinski definition) is 1. The van der Waals surface area contributed by atoms with Crippen LogP contribution in [0.15, 0.2) is 22.7 Å². The molecule has 118 valence electrons. The Bertz CT molecular complexity index is 459. The average molecular weight is 356 g/mol. The third kappa shape index (κ3) is 4.79. The molecule has 2 rings (SSSR count). The van der Waals surface area contributed by atoms with Crippen LogP contribution in [0.2, 0.25) is 0 Å². The molecule has 0 amide bonds. The maximum absolute atomic E-state index is 13.8. The second-order valence-corrected chi connectivity index (χ2v) is 7.29. The van der Waals surface area contributed by atoms with E-state index in [1.54, 1.807) is 0 Å². The summed E-state index contributed by atoms with van der Waals surface area (Å²) in [7, 11) is 0. The van der Waals surface area contributed by atoms with Crippen LogP contribution in [0, 0.1) is 11.2 Å². The normalized spacial score (nSPS) is 17.7. The summed E-state index contributed by atoms with van der Waals surface area (Å²) in [5.41, 5.74) is 1.35. The van der Waals surface area contributed by atoms with Gasteiger partial charge in [0.05, 0.1) is 4.47 Å². The summed E-state index contributed by atoms with van der Waals surface area (Å²) in [5, 5.41) is 3.70. The summed E-state index contributed by atoms with van der Waals surface area (Å²) in [6, 6.07) is 6.13. The van der Waals surface area contributed by atoms with Crippen molar-refractivity contribution in [2.24, 2.45) is 5.41 Å². The Kier molecular flexibility index (Phi) is 6.24. The predicted octanol–water partition coefficient (Wildman–Crippen LogP) is 5.47. The largest absolute Gasteiger partial charge is 0.313 e. The van der Waals surface area contributed by atoms with Crippen LogP contribution in [0.1, 0.15) is 57.9 Å². The van der Waals surface area contributed by atoms with Crippen molar-refractivity contribution < 1.29 is 4.39 Å². The van der Waals surface area contributed by atoms with Crippen LogP contribution in [0.3, 0.4) is 0 Å². The lowest BCUT2D eigenvalue weighted by Gasteiger charge is -2.34. The molecule has 1 aliphatic rings. The van der Waals surface area contributed by atoms with E-state index in [-0.39, 0.29) is 11.2 Å². The second kappa shape index (κ2) is 7.73. The maximum Gasteiger partial charge on any atom is 0.137 e.